The maximum absolute atomic E-state index is 11.6. The van der Waals surface area contributed by atoms with Gasteiger partial charge in [-0.05, 0) is 12.5 Å². The number of aromatic nitrogens is 1. The number of rotatable bonds is 5. The fourth-order valence-electron chi connectivity index (χ4n) is 1.31. The van der Waals surface area contributed by atoms with Gasteiger partial charge in [0.15, 0.2) is 0 Å². The molecule has 0 saturated carbocycles. The van der Waals surface area contributed by atoms with Crippen molar-refractivity contribution in [3.63, 3.8) is 0 Å². The average molecular weight is 253 g/mol. The smallest absolute Gasteiger partial charge is 0.303 e. The Morgan fingerprint density at radius 1 is 1.50 bits per heavy atom. The van der Waals surface area contributed by atoms with Crippen molar-refractivity contribution in [2.45, 2.75) is 18.9 Å². The van der Waals surface area contributed by atoms with Gasteiger partial charge in [-0.15, -0.1) is 0 Å². The molecule has 0 aromatic carbocycles. The number of nitrogens with two attached hydrogens (primary N) is 1. The van der Waals surface area contributed by atoms with E-state index >= 15 is 0 Å². The summed E-state index contributed by atoms with van der Waals surface area (Å²) in [6.07, 6.45) is 1.36. The second-order valence-corrected chi connectivity index (χ2v) is 3.90. The van der Waals surface area contributed by atoms with Crippen LogP contribution in [-0.2, 0) is 16.6 Å². The van der Waals surface area contributed by atoms with Crippen LogP contribution in [0.4, 0.5) is 5.69 Å². The summed E-state index contributed by atoms with van der Waals surface area (Å²) < 4.78 is 1.32. The maximum atomic E-state index is 11.6. The Bertz CT molecular complexity index is 509. The highest BCUT2D eigenvalue weighted by Gasteiger charge is 2.15. The predicted octanol–water partition coefficient (Wildman–Crippen LogP) is -0.484. The monoisotopic (exact) mass is 253 g/mol. The molecule has 7 heteroatoms. The van der Waals surface area contributed by atoms with Crippen LogP contribution in [0.1, 0.15) is 12.8 Å². The third-order valence-electron chi connectivity index (χ3n) is 2.36. The lowest BCUT2D eigenvalue weighted by Crippen LogP contribution is -2.36. The van der Waals surface area contributed by atoms with E-state index in [1.54, 1.807) is 7.05 Å². The standard InChI is InChI=1S/C11H15N3O4/c1-14-6-7(2-4-9(14)15)13-11(18)8(12)3-5-10(16)17/h2,4,6,8H,3,5,12H2,1H3,(H,13,18)(H,16,17). The summed E-state index contributed by atoms with van der Waals surface area (Å²) in [6.45, 7) is 0. The van der Waals surface area contributed by atoms with E-state index in [2.05, 4.69) is 5.32 Å². The Kier molecular flexibility index (Phi) is 4.61. The van der Waals surface area contributed by atoms with E-state index in [1.165, 1.54) is 22.9 Å². The van der Waals surface area contributed by atoms with E-state index in [0.29, 0.717) is 5.69 Å². The number of amides is 1. The SMILES string of the molecule is Cn1cc(NC(=O)C(N)CCC(=O)O)ccc1=O. The number of carboxylic acids is 1. The first-order valence-corrected chi connectivity index (χ1v) is 5.35. The van der Waals surface area contributed by atoms with Crippen molar-refractivity contribution in [1.29, 1.82) is 0 Å². The molecule has 0 aliphatic rings. The summed E-state index contributed by atoms with van der Waals surface area (Å²) in [7, 11) is 1.56. The predicted molar refractivity (Wildman–Crippen MR) is 65.2 cm³/mol. The summed E-state index contributed by atoms with van der Waals surface area (Å²) in [5.41, 5.74) is 5.78. The van der Waals surface area contributed by atoms with Gasteiger partial charge in [0.2, 0.25) is 11.5 Å². The molecule has 1 aromatic heterocycles. The summed E-state index contributed by atoms with van der Waals surface area (Å²) in [6, 6.07) is 1.89. The zero-order valence-corrected chi connectivity index (χ0v) is 9.92. The molecule has 0 aliphatic heterocycles. The lowest BCUT2D eigenvalue weighted by molar-refractivity contribution is -0.137. The molecule has 7 nitrogen and oxygen atoms in total. The van der Waals surface area contributed by atoms with E-state index < -0.39 is 17.9 Å². The highest BCUT2D eigenvalue weighted by Crippen LogP contribution is 2.04. The molecule has 4 N–H and O–H groups in total. The highest BCUT2D eigenvalue weighted by molar-refractivity contribution is 5.94. The van der Waals surface area contributed by atoms with Crippen molar-refractivity contribution in [3.05, 3.63) is 28.7 Å². The van der Waals surface area contributed by atoms with E-state index in [0.717, 1.165) is 0 Å². The number of nitrogens with zero attached hydrogens (tertiary/aromatic N) is 1. The number of hydrogen-bond donors (Lipinski definition) is 3. The molecular formula is C11H15N3O4. The normalized spacial score (nSPS) is 11.9. The second kappa shape index (κ2) is 5.97. The number of carbonyl (C=O) groups excluding carboxylic acids is 1. The Hall–Kier alpha value is -2.15. The molecule has 0 aliphatic carbocycles. The molecule has 1 rings (SSSR count). The van der Waals surface area contributed by atoms with Gasteiger partial charge in [-0.2, -0.15) is 0 Å². The molecule has 18 heavy (non-hydrogen) atoms. The van der Waals surface area contributed by atoms with E-state index in [9.17, 15) is 14.4 Å². The Morgan fingerprint density at radius 3 is 2.72 bits per heavy atom. The topological polar surface area (TPSA) is 114 Å². The largest absolute Gasteiger partial charge is 0.481 e. The molecule has 0 radical (unpaired) electrons. The molecule has 0 fully saturated rings. The van der Waals surface area contributed by atoms with E-state index in [1.807, 2.05) is 0 Å². The number of anilines is 1. The Morgan fingerprint density at radius 2 is 2.17 bits per heavy atom. The van der Waals surface area contributed by atoms with E-state index in [-0.39, 0.29) is 18.4 Å². The van der Waals surface area contributed by atoms with Gasteiger partial charge in [0.25, 0.3) is 0 Å². The number of carboxylic acid groups (broad SMARTS) is 1. The van der Waals surface area contributed by atoms with Crippen LogP contribution in [-0.4, -0.2) is 27.6 Å². The van der Waals surface area contributed by atoms with Gasteiger partial charge >= 0.3 is 5.97 Å². The van der Waals surface area contributed by atoms with Gasteiger partial charge < -0.3 is 20.7 Å². The number of hydrogen-bond acceptors (Lipinski definition) is 4. The molecule has 0 bridgehead atoms. The minimum atomic E-state index is -1.000. The molecule has 1 amide bonds. The lowest BCUT2D eigenvalue weighted by Gasteiger charge is -2.11. The van der Waals surface area contributed by atoms with Gasteiger partial charge in [-0.25, -0.2) is 0 Å². The first-order chi connectivity index (χ1) is 8.40. The molecule has 0 spiro atoms. The minimum absolute atomic E-state index is 0.0624. The number of nitrogens with one attached hydrogen (secondary N) is 1. The highest BCUT2D eigenvalue weighted by atomic mass is 16.4. The van der Waals surface area contributed by atoms with Gasteiger partial charge in [0.05, 0.1) is 11.7 Å². The van der Waals surface area contributed by atoms with Crippen molar-refractivity contribution in [1.82, 2.24) is 4.57 Å². The van der Waals surface area contributed by atoms with Crippen LogP contribution < -0.4 is 16.6 Å². The third kappa shape index (κ3) is 4.02. The van der Waals surface area contributed by atoms with Crippen LogP contribution in [0.3, 0.4) is 0 Å². The van der Waals surface area contributed by atoms with Crippen LogP contribution in [0.2, 0.25) is 0 Å². The molecule has 1 unspecified atom stereocenters. The first-order valence-electron chi connectivity index (χ1n) is 5.35. The number of carbonyl (C=O) groups is 2. The van der Waals surface area contributed by atoms with Crippen LogP contribution in [0.15, 0.2) is 23.1 Å². The number of pyridine rings is 1. The van der Waals surface area contributed by atoms with E-state index in [4.69, 9.17) is 10.8 Å². The number of aryl methyl sites for hydroxylation is 1. The van der Waals surface area contributed by atoms with Crippen molar-refractivity contribution >= 4 is 17.6 Å². The van der Waals surface area contributed by atoms with Crippen LogP contribution in [0, 0.1) is 0 Å². The average Bonchev–Trinajstić information content (AvgIpc) is 2.30. The van der Waals surface area contributed by atoms with Crippen molar-refractivity contribution in [2.24, 2.45) is 12.8 Å². The molecular weight excluding hydrogens is 238 g/mol. The van der Waals surface area contributed by atoms with Crippen LogP contribution in [0.5, 0.6) is 0 Å². The zero-order chi connectivity index (χ0) is 13.7. The molecule has 1 atom stereocenters. The van der Waals surface area contributed by atoms with Gasteiger partial charge in [0.1, 0.15) is 0 Å². The second-order valence-electron chi connectivity index (χ2n) is 3.90. The Labute approximate surface area is 103 Å². The fraction of sp³-hybridized carbons (Fsp3) is 0.364. The van der Waals surface area contributed by atoms with Gasteiger partial charge in [-0.1, -0.05) is 0 Å². The van der Waals surface area contributed by atoms with Crippen LogP contribution in [0.25, 0.3) is 0 Å². The maximum Gasteiger partial charge on any atom is 0.303 e. The van der Waals surface area contributed by atoms with Gasteiger partial charge in [-0.3, -0.25) is 14.4 Å². The third-order valence-corrected chi connectivity index (χ3v) is 2.36. The summed E-state index contributed by atoms with van der Waals surface area (Å²) >= 11 is 0. The van der Waals surface area contributed by atoms with Crippen molar-refractivity contribution in [3.8, 4) is 0 Å². The molecule has 98 valence electrons. The fourth-order valence-corrected chi connectivity index (χ4v) is 1.31. The van der Waals surface area contributed by atoms with Gasteiger partial charge in [0, 0.05) is 25.7 Å². The summed E-state index contributed by atoms with van der Waals surface area (Å²) in [5, 5.41) is 11.0. The van der Waals surface area contributed by atoms with Crippen LogP contribution >= 0.6 is 0 Å². The summed E-state index contributed by atoms with van der Waals surface area (Å²) in [5.74, 6) is -1.48. The molecule has 0 saturated heterocycles. The van der Waals surface area contributed by atoms with Crippen molar-refractivity contribution in [2.75, 3.05) is 5.32 Å². The molecule has 1 aromatic rings. The Balaban J connectivity index is 2.60. The lowest BCUT2D eigenvalue weighted by atomic mass is 10.1. The number of aliphatic carboxylic acids is 1. The zero-order valence-electron chi connectivity index (χ0n) is 9.92. The molecule has 1 heterocycles. The minimum Gasteiger partial charge on any atom is -0.481 e. The van der Waals surface area contributed by atoms with Crippen molar-refractivity contribution < 1.29 is 14.7 Å². The first kappa shape index (κ1) is 13.9. The summed E-state index contributed by atoms with van der Waals surface area (Å²) in [4.78, 5) is 33.1. The quantitative estimate of drug-likeness (QED) is 0.655.